The van der Waals surface area contributed by atoms with Crippen LogP contribution in [0, 0.1) is 6.92 Å². The first-order chi connectivity index (χ1) is 15.1. The lowest BCUT2D eigenvalue weighted by molar-refractivity contribution is 0.327. The number of benzene rings is 1. The molecular formula is C24H21N5O2. The van der Waals surface area contributed by atoms with Crippen LogP contribution in [-0.2, 0) is 7.05 Å². The Morgan fingerprint density at radius 3 is 2.58 bits per heavy atom. The van der Waals surface area contributed by atoms with E-state index in [9.17, 15) is 4.79 Å². The summed E-state index contributed by atoms with van der Waals surface area (Å²) in [5, 5.41) is 0.893. The van der Waals surface area contributed by atoms with Crippen molar-refractivity contribution in [2.45, 2.75) is 13.8 Å². The molecule has 0 aliphatic carbocycles. The van der Waals surface area contributed by atoms with Gasteiger partial charge in [-0.25, -0.2) is 9.78 Å². The van der Waals surface area contributed by atoms with Crippen LogP contribution in [0.5, 0.6) is 5.88 Å². The van der Waals surface area contributed by atoms with Crippen LogP contribution in [-0.4, -0.2) is 30.7 Å². The summed E-state index contributed by atoms with van der Waals surface area (Å²) in [5.74, 6) is 0.597. The summed E-state index contributed by atoms with van der Waals surface area (Å²) in [6, 6.07) is 13.6. The molecule has 1 aromatic carbocycles. The van der Waals surface area contributed by atoms with Gasteiger partial charge in [0.15, 0.2) is 0 Å². The normalized spacial score (nSPS) is 11.3. The predicted octanol–water partition coefficient (Wildman–Crippen LogP) is 4.04. The molecule has 0 bridgehead atoms. The standard InChI is InChI=1S/C24H21N5O2/c1-4-31-22-10-8-17(13-27-22)16-7-9-19-18(12-16)23-21(14-26-19)28(3)24(30)29(23)20-6-5-11-25-15(20)2/h5-14H,4H2,1-3H3. The number of hydrogen-bond donors (Lipinski definition) is 0. The molecule has 0 saturated carbocycles. The van der Waals surface area contributed by atoms with Gasteiger partial charge >= 0.3 is 5.69 Å². The summed E-state index contributed by atoms with van der Waals surface area (Å²) in [7, 11) is 1.76. The van der Waals surface area contributed by atoms with Gasteiger partial charge in [0, 0.05) is 36.5 Å². The molecule has 31 heavy (non-hydrogen) atoms. The zero-order valence-electron chi connectivity index (χ0n) is 17.5. The third kappa shape index (κ3) is 3.06. The molecule has 0 fully saturated rings. The van der Waals surface area contributed by atoms with Crippen molar-refractivity contribution in [3.05, 3.63) is 77.2 Å². The van der Waals surface area contributed by atoms with Gasteiger partial charge in [0.05, 0.1) is 40.7 Å². The largest absolute Gasteiger partial charge is 0.478 e. The topological polar surface area (TPSA) is 74.8 Å². The van der Waals surface area contributed by atoms with Crippen molar-refractivity contribution < 1.29 is 4.74 Å². The van der Waals surface area contributed by atoms with Gasteiger partial charge < -0.3 is 4.74 Å². The third-order valence-electron chi connectivity index (χ3n) is 5.47. The fourth-order valence-electron chi connectivity index (χ4n) is 3.90. The molecule has 0 radical (unpaired) electrons. The lowest BCUT2D eigenvalue weighted by atomic mass is 10.0. The summed E-state index contributed by atoms with van der Waals surface area (Å²) in [4.78, 5) is 26.5. The second-order valence-corrected chi connectivity index (χ2v) is 7.33. The fourth-order valence-corrected chi connectivity index (χ4v) is 3.90. The maximum atomic E-state index is 13.2. The number of imidazole rings is 1. The highest BCUT2D eigenvalue weighted by atomic mass is 16.5. The van der Waals surface area contributed by atoms with Gasteiger partial charge in [-0.2, -0.15) is 0 Å². The minimum Gasteiger partial charge on any atom is -0.478 e. The van der Waals surface area contributed by atoms with Crippen molar-refractivity contribution in [1.29, 1.82) is 0 Å². The number of aromatic nitrogens is 5. The SMILES string of the molecule is CCOc1ccc(-c2ccc3ncc4c(c3c2)n(-c2cccnc2C)c(=O)n4C)cn1. The van der Waals surface area contributed by atoms with Crippen LogP contribution < -0.4 is 10.4 Å². The van der Waals surface area contributed by atoms with Gasteiger partial charge in [-0.3, -0.25) is 19.1 Å². The van der Waals surface area contributed by atoms with Crippen LogP contribution in [0.1, 0.15) is 12.6 Å². The number of rotatable bonds is 4. The average Bonchev–Trinajstić information content (AvgIpc) is 3.05. The molecule has 0 amide bonds. The molecule has 0 N–H and O–H groups in total. The monoisotopic (exact) mass is 411 g/mol. The highest BCUT2D eigenvalue weighted by molar-refractivity contribution is 6.04. The van der Waals surface area contributed by atoms with Gasteiger partial charge in [0.2, 0.25) is 5.88 Å². The van der Waals surface area contributed by atoms with Crippen LogP contribution in [0.3, 0.4) is 0 Å². The maximum Gasteiger partial charge on any atom is 0.333 e. The second-order valence-electron chi connectivity index (χ2n) is 7.33. The first-order valence-electron chi connectivity index (χ1n) is 10.1. The highest BCUT2D eigenvalue weighted by Crippen LogP contribution is 2.30. The number of aryl methyl sites for hydroxylation is 2. The summed E-state index contributed by atoms with van der Waals surface area (Å²) in [5.41, 5.74) is 5.77. The molecule has 4 heterocycles. The van der Waals surface area contributed by atoms with E-state index in [1.807, 2.05) is 50.2 Å². The van der Waals surface area contributed by atoms with E-state index >= 15 is 0 Å². The second kappa shape index (κ2) is 7.36. The lowest BCUT2D eigenvalue weighted by Gasteiger charge is -2.09. The fraction of sp³-hybridized carbons (Fsp3) is 0.167. The molecule has 0 atom stereocenters. The van der Waals surface area contributed by atoms with Crippen molar-refractivity contribution in [1.82, 2.24) is 24.1 Å². The van der Waals surface area contributed by atoms with Gasteiger partial charge in [-0.15, -0.1) is 0 Å². The predicted molar refractivity (Wildman–Crippen MR) is 121 cm³/mol. The van der Waals surface area contributed by atoms with E-state index in [0.717, 1.165) is 44.4 Å². The molecule has 5 aromatic rings. The Morgan fingerprint density at radius 1 is 1.00 bits per heavy atom. The van der Waals surface area contributed by atoms with Crippen LogP contribution in [0.2, 0.25) is 0 Å². The van der Waals surface area contributed by atoms with Gasteiger partial charge in [-0.1, -0.05) is 6.07 Å². The van der Waals surface area contributed by atoms with E-state index in [-0.39, 0.29) is 5.69 Å². The van der Waals surface area contributed by atoms with Gasteiger partial charge in [0.25, 0.3) is 0 Å². The van der Waals surface area contributed by atoms with Crippen molar-refractivity contribution >= 4 is 21.9 Å². The van der Waals surface area contributed by atoms with Crippen molar-refractivity contribution in [2.24, 2.45) is 7.05 Å². The molecule has 4 aromatic heterocycles. The Morgan fingerprint density at radius 2 is 1.84 bits per heavy atom. The van der Waals surface area contributed by atoms with Crippen molar-refractivity contribution in [2.75, 3.05) is 6.61 Å². The molecule has 7 heteroatoms. The zero-order chi connectivity index (χ0) is 21.5. The first-order valence-corrected chi connectivity index (χ1v) is 10.1. The highest BCUT2D eigenvalue weighted by Gasteiger charge is 2.18. The first kappa shape index (κ1) is 19.0. The summed E-state index contributed by atoms with van der Waals surface area (Å²) >= 11 is 0. The van der Waals surface area contributed by atoms with E-state index in [0.29, 0.717) is 12.5 Å². The number of pyridine rings is 3. The Hall–Kier alpha value is -4.00. The molecule has 0 saturated heterocycles. The smallest absolute Gasteiger partial charge is 0.333 e. The van der Waals surface area contributed by atoms with Crippen LogP contribution >= 0.6 is 0 Å². The quantitative estimate of drug-likeness (QED) is 0.446. The van der Waals surface area contributed by atoms with Crippen molar-refractivity contribution in [3.63, 3.8) is 0 Å². The Labute approximate surface area is 178 Å². The van der Waals surface area contributed by atoms with E-state index in [4.69, 9.17) is 4.74 Å². The maximum absolute atomic E-state index is 13.2. The minimum absolute atomic E-state index is 0.131. The van der Waals surface area contributed by atoms with Crippen LogP contribution in [0.25, 0.3) is 38.8 Å². The summed E-state index contributed by atoms with van der Waals surface area (Å²) < 4.78 is 8.80. The number of nitrogens with zero attached hydrogens (tertiary/aromatic N) is 5. The Kier molecular flexibility index (Phi) is 4.51. The number of ether oxygens (including phenoxy) is 1. The number of fused-ring (bicyclic) bond motifs is 3. The van der Waals surface area contributed by atoms with E-state index in [2.05, 4.69) is 21.0 Å². The number of hydrogen-bond acceptors (Lipinski definition) is 5. The van der Waals surface area contributed by atoms with E-state index in [1.165, 1.54) is 0 Å². The Bertz CT molecular complexity index is 1480. The van der Waals surface area contributed by atoms with Crippen molar-refractivity contribution in [3.8, 4) is 22.7 Å². The Balaban J connectivity index is 1.79. The molecule has 0 aliphatic heterocycles. The van der Waals surface area contributed by atoms with Crippen LogP contribution in [0.4, 0.5) is 0 Å². The summed E-state index contributed by atoms with van der Waals surface area (Å²) in [6.45, 7) is 4.41. The molecular weight excluding hydrogens is 390 g/mol. The van der Waals surface area contributed by atoms with E-state index < -0.39 is 0 Å². The molecule has 0 unspecified atom stereocenters. The lowest BCUT2D eigenvalue weighted by Crippen LogP contribution is -2.21. The average molecular weight is 411 g/mol. The molecule has 0 aliphatic rings. The molecule has 7 nitrogen and oxygen atoms in total. The summed E-state index contributed by atoms with van der Waals surface area (Å²) in [6.07, 6.45) is 5.27. The third-order valence-corrected chi connectivity index (χ3v) is 5.47. The zero-order valence-corrected chi connectivity index (χ0v) is 17.5. The molecule has 0 spiro atoms. The molecule has 154 valence electrons. The van der Waals surface area contributed by atoms with Crippen LogP contribution in [0.15, 0.2) is 65.8 Å². The molecule has 5 rings (SSSR count). The van der Waals surface area contributed by atoms with Gasteiger partial charge in [-0.05, 0) is 49.7 Å². The van der Waals surface area contributed by atoms with Gasteiger partial charge in [0.1, 0.15) is 0 Å². The minimum atomic E-state index is -0.131. The van der Waals surface area contributed by atoms with E-state index in [1.54, 1.807) is 34.8 Å².